The molecular formula is C22H17ClFN3. The first-order valence-corrected chi connectivity index (χ1v) is 9.09. The summed E-state index contributed by atoms with van der Waals surface area (Å²) < 4.78 is 13.8. The highest BCUT2D eigenvalue weighted by Crippen LogP contribution is 2.32. The number of halogens is 2. The van der Waals surface area contributed by atoms with Gasteiger partial charge in [-0.05, 0) is 46.8 Å². The highest BCUT2D eigenvalue weighted by molar-refractivity contribution is 6.29. The van der Waals surface area contributed by atoms with Crippen LogP contribution in [0.1, 0.15) is 5.56 Å². The van der Waals surface area contributed by atoms with Crippen LogP contribution in [-0.2, 0) is 6.42 Å². The number of nitrogens with zero attached hydrogens (tertiary/aromatic N) is 2. The predicted molar refractivity (Wildman–Crippen MR) is 109 cm³/mol. The Morgan fingerprint density at radius 3 is 2.44 bits per heavy atom. The molecule has 0 atom stereocenters. The van der Waals surface area contributed by atoms with Crippen LogP contribution in [0.5, 0.6) is 0 Å². The maximum atomic E-state index is 13.8. The molecule has 4 rings (SSSR count). The van der Waals surface area contributed by atoms with Gasteiger partial charge in [-0.15, -0.1) is 0 Å². The van der Waals surface area contributed by atoms with Crippen LogP contribution >= 0.6 is 11.6 Å². The van der Waals surface area contributed by atoms with Crippen LogP contribution in [0.25, 0.3) is 22.0 Å². The molecular weight excluding hydrogens is 361 g/mol. The number of hydrogen-bond acceptors (Lipinski definition) is 3. The van der Waals surface area contributed by atoms with E-state index in [4.69, 9.17) is 11.6 Å². The summed E-state index contributed by atoms with van der Waals surface area (Å²) in [7, 11) is 0. The highest BCUT2D eigenvalue weighted by Gasteiger charge is 2.12. The van der Waals surface area contributed by atoms with Gasteiger partial charge in [0, 0.05) is 6.54 Å². The molecule has 0 bridgehead atoms. The molecule has 0 aliphatic rings. The summed E-state index contributed by atoms with van der Waals surface area (Å²) >= 11 is 6.12. The Morgan fingerprint density at radius 1 is 0.852 bits per heavy atom. The molecule has 5 heteroatoms. The van der Waals surface area contributed by atoms with Crippen molar-refractivity contribution in [2.24, 2.45) is 0 Å². The van der Waals surface area contributed by atoms with E-state index in [1.165, 1.54) is 6.07 Å². The third kappa shape index (κ3) is 3.76. The zero-order valence-electron chi connectivity index (χ0n) is 14.5. The van der Waals surface area contributed by atoms with Gasteiger partial charge < -0.3 is 5.32 Å². The van der Waals surface area contributed by atoms with Crippen molar-refractivity contribution in [2.75, 3.05) is 11.9 Å². The van der Waals surface area contributed by atoms with Crippen molar-refractivity contribution in [3.05, 3.63) is 89.5 Å². The molecule has 0 saturated carbocycles. The summed E-state index contributed by atoms with van der Waals surface area (Å²) in [4.78, 5) is 8.75. The van der Waals surface area contributed by atoms with Gasteiger partial charge in [0.05, 0.1) is 10.9 Å². The van der Waals surface area contributed by atoms with Crippen molar-refractivity contribution in [1.29, 1.82) is 0 Å². The molecule has 0 aliphatic heterocycles. The van der Waals surface area contributed by atoms with Crippen LogP contribution in [0, 0.1) is 5.82 Å². The lowest BCUT2D eigenvalue weighted by atomic mass is 10.0. The summed E-state index contributed by atoms with van der Waals surface area (Å²) in [5.74, 6) is 0.454. The van der Waals surface area contributed by atoms with Crippen LogP contribution in [0.4, 0.5) is 10.2 Å². The molecule has 0 radical (unpaired) electrons. The molecule has 3 nitrogen and oxygen atoms in total. The monoisotopic (exact) mass is 377 g/mol. The molecule has 1 aromatic heterocycles. The molecule has 3 aromatic carbocycles. The Hall–Kier alpha value is -2.98. The van der Waals surface area contributed by atoms with E-state index in [0.29, 0.717) is 24.3 Å². The molecule has 1 heterocycles. The fourth-order valence-corrected chi connectivity index (χ4v) is 3.33. The number of benzene rings is 3. The van der Waals surface area contributed by atoms with E-state index in [1.54, 1.807) is 12.1 Å². The van der Waals surface area contributed by atoms with E-state index >= 15 is 0 Å². The standard InChI is InChI=1S/C22H17ClFN3/c23-22-26-19-12-6-10-17(15-7-2-1-3-8-15)20(19)21(27-22)25-14-13-16-9-4-5-11-18(16)24/h1-12H,13-14H2,(H,25,26,27). The second-order valence-electron chi connectivity index (χ2n) is 6.18. The number of hydrogen-bond donors (Lipinski definition) is 1. The first-order valence-electron chi connectivity index (χ1n) is 8.71. The van der Waals surface area contributed by atoms with Crippen LogP contribution in [0.2, 0.25) is 5.28 Å². The van der Waals surface area contributed by atoms with Crippen molar-refractivity contribution >= 4 is 28.3 Å². The lowest BCUT2D eigenvalue weighted by Gasteiger charge is -2.13. The van der Waals surface area contributed by atoms with Gasteiger partial charge in [0.1, 0.15) is 11.6 Å². The number of rotatable bonds is 5. The van der Waals surface area contributed by atoms with Gasteiger partial charge in [-0.3, -0.25) is 0 Å². The Labute approximate surface area is 161 Å². The normalized spacial score (nSPS) is 10.9. The zero-order valence-corrected chi connectivity index (χ0v) is 15.2. The summed E-state index contributed by atoms with van der Waals surface area (Å²) in [6, 6.07) is 22.8. The lowest BCUT2D eigenvalue weighted by Crippen LogP contribution is -2.09. The third-order valence-corrected chi connectivity index (χ3v) is 4.59. The first-order chi connectivity index (χ1) is 13.2. The molecule has 0 saturated heterocycles. The van der Waals surface area contributed by atoms with Gasteiger partial charge in [-0.25, -0.2) is 14.4 Å². The first kappa shape index (κ1) is 17.4. The minimum absolute atomic E-state index is 0.182. The van der Waals surface area contributed by atoms with Crippen molar-refractivity contribution in [3.63, 3.8) is 0 Å². The Balaban J connectivity index is 1.70. The SMILES string of the molecule is Fc1ccccc1CCNc1nc(Cl)nc2cccc(-c3ccccc3)c12. The van der Waals surface area contributed by atoms with E-state index in [-0.39, 0.29) is 11.1 Å². The van der Waals surface area contributed by atoms with Gasteiger partial charge in [0.2, 0.25) is 5.28 Å². The molecule has 27 heavy (non-hydrogen) atoms. The molecule has 4 aromatic rings. The number of nitrogens with one attached hydrogen (secondary N) is 1. The molecule has 134 valence electrons. The minimum atomic E-state index is -0.199. The van der Waals surface area contributed by atoms with Crippen LogP contribution in [0.15, 0.2) is 72.8 Å². The van der Waals surface area contributed by atoms with Crippen molar-refractivity contribution in [1.82, 2.24) is 9.97 Å². The quantitative estimate of drug-likeness (QED) is 0.450. The minimum Gasteiger partial charge on any atom is -0.369 e. The summed E-state index contributed by atoms with van der Waals surface area (Å²) in [5.41, 5.74) is 3.53. The summed E-state index contributed by atoms with van der Waals surface area (Å²) in [6.45, 7) is 0.534. The Kier molecular flexibility index (Phi) is 4.99. The van der Waals surface area contributed by atoms with Crippen molar-refractivity contribution in [3.8, 4) is 11.1 Å². The summed E-state index contributed by atoms with van der Waals surface area (Å²) in [5, 5.41) is 4.40. The lowest BCUT2D eigenvalue weighted by molar-refractivity contribution is 0.610. The van der Waals surface area contributed by atoms with Gasteiger partial charge in [-0.2, -0.15) is 0 Å². The van der Waals surface area contributed by atoms with Crippen molar-refractivity contribution < 1.29 is 4.39 Å². The smallest absolute Gasteiger partial charge is 0.224 e. The van der Waals surface area contributed by atoms with E-state index in [0.717, 1.165) is 22.0 Å². The van der Waals surface area contributed by atoms with E-state index in [2.05, 4.69) is 15.3 Å². The van der Waals surface area contributed by atoms with Gasteiger partial charge in [-0.1, -0.05) is 60.7 Å². The second-order valence-corrected chi connectivity index (χ2v) is 6.51. The van der Waals surface area contributed by atoms with E-state index < -0.39 is 0 Å². The van der Waals surface area contributed by atoms with Crippen LogP contribution < -0.4 is 5.32 Å². The van der Waals surface area contributed by atoms with Crippen LogP contribution in [0.3, 0.4) is 0 Å². The zero-order chi connectivity index (χ0) is 18.6. The average molecular weight is 378 g/mol. The Morgan fingerprint density at radius 2 is 1.63 bits per heavy atom. The van der Waals surface area contributed by atoms with E-state index in [9.17, 15) is 4.39 Å². The molecule has 0 aliphatic carbocycles. The topological polar surface area (TPSA) is 37.8 Å². The maximum Gasteiger partial charge on any atom is 0.224 e. The van der Waals surface area contributed by atoms with Crippen molar-refractivity contribution in [2.45, 2.75) is 6.42 Å². The second kappa shape index (κ2) is 7.72. The van der Waals surface area contributed by atoms with E-state index in [1.807, 2.05) is 54.6 Å². The van der Waals surface area contributed by atoms with Crippen LogP contribution in [-0.4, -0.2) is 16.5 Å². The highest BCUT2D eigenvalue weighted by atomic mass is 35.5. The molecule has 1 N–H and O–H groups in total. The fraction of sp³-hybridized carbons (Fsp3) is 0.0909. The average Bonchev–Trinajstić information content (AvgIpc) is 2.69. The molecule has 0 amide bonds. The summed E-state index contributed by atoms with van der Waals surface area (Å²) in [6.07, 6.45) is 0.545. The number of aromatic nitrogens is 2. The largest absolute Gasteiger partial charge is 0.369 e. The maximum absolute atomic E-state index is 13.8. The molecule has 0 spiro atoms. The number of fused-ring (bicyclic) bond motifs is 1. The molecule has 0 unspecified atom stereocenters. The Bertz CT molecular complexity index is 1080. The third-order valence-electron chi connectivity index (χ3n) is 4.43. The van der Waals surface area contributed by atoms with Gasteiger partial charge in [0.25, 0.3) is 0 Å². The fourth-order valence-electron chi connectivity index (χ4n) is 3.16. The number of anilines is 1. The van der Waals surface area contributed by atoms with Gasteiger partial charge >= 0.3 is 0 Å². The molecule has 0 fully saturated rings. The van der Waals surface area contributed by atoms with Gasteiger partial charge in [0.15, 0.2) is 0 Å². The predicted octanol–water partition coefficient (Wildman–Crippen LogP) is 5.74.